The van der Waals surface area contributed by atoms with Gasteiger partial charge in [-0.15, -0.1) is 0 Å². The minimum Gasteiger partial charge on any atom is -0.459 e. The van der Waals surface area contributed by atoms with Gasteiger partial charge in [-0.1, -0.05) is 0 Å². The van der Waals surface area contributed by atoms with E-state index in [9.17, 15) is 23.2 Å². The van der Waals surface area contributed by atoms with Gasteiger partial charge in [0.1, 0.15) is 18.7 Å². The van der Waals surface area contributed by atoms with Gasteiger partial charge in [0.2, 0.25) is 5.91 Å². The van der Waals surface area contributed by atoms with Gasteiger partial charge >= 0.3 is 12.0 Å². The smallest absolute Gasteiger partial charge is 0.329 e. The monoisotopic (exact) mass is 337 g/mol. The lowest BCUT2D eigenvalue weighted by Crippen LogP contribution is -2.50. The highest BCUT2D eigenvalue weighted by atomic mass is 19.2. The van der Waals surface area contributed by atoms with E-state index >= 15 is 0 Å². The Morgan fingerprint density at radius 1 is 1.33 bits per heavy atom. The van der Waals surface area contributed by atoms with Crippen LogP contribution < -0.4 is 5.32 Å². The molecule has 3 aliphatic rings. The summed E-state index contributed by atoms with van der Waals surface area (Å²) in [6.07, 6.45) is 0.160. The molecule has 2 atom stereocenters. The van der Waals surface area contributed by atoms with Gasteiger partial charge in [-0.25, -0.2) is 18.4 Å². The summed E-state index contributed by atoms with van der Waals surface area (Å²) in [5, 5.41) is 2.43. The van der Waals surface area contributed by atoms with E-state index in [0.717, 1.165) is 11.0 Å². The van der Waals surface area contributed by atoms with Crippen LogP contribution in [0.25, 0.3) is 0 Å². The van der Waals surface area contributed by atoms with Crippen LogP contribution in [-0.4, -0.2) is 52.9 Å². The summed E-state index contributed by atoms with van der Waals surface area (Å²) in [7, 11) is 0. The molecule has 9 heteroatoms. The highest BCUT2D eigenvalue weighted by Gasteiger charge is 2.48. The predicted octanol–water partition coefficient (Wildman–Crippen LogP) is 0.839. The first-order valence-corrected chi connectivity index (χ1v) is 7.47. The van der Waals surface area contributed by atoms with E-state index in [1.807, 2.05) is 0 Å². The number of halogens is 2. The molecular weight excluding hydrogens is 324 g/mol. The van der Waals surface area contributed by atoms with E-state index in [-0.39, 0.29) is 30.4 Å². The molecule has 0 aromatic heterocycles. The highest BCUT2D eigenvalue weighted by molar-refractivity contribution is 5.96. The Hall–Kier alpha value is -2.71. The number of morpholine rings is 1. The van der Waals surface area contributed by atoms with E-state index in [1.165, 1.54) is 11.0 Å². The molecule has 3 amide bonds. The number of amides is 3. The number of benzene rings is 1. The number of carbonyl (C=O) groups excluding carboxylic acids is 3. The van der Waals surface area contributed by atoms with Crippen LogP contribution in [0.4, 0.5) is 19.3 Å². The van der Waals surface area contributed by atoms with E-state index < -0.39 is 35.6 Å². The van der Waals surface area contributed by atoms with Crippen LogP contribution >= 0.6 is 0 Å². The Morgan fingerprint density at radius 2 is 2.12 bits per heavy atom. The number of nitrogens with zero attached hydrogens (tertiary/aromatic N) is 2. The highest BCUT2D eigenvalue weighted by Crippen LogP contribution is 2.30. The standard InChI is InChI=1S/C15H13F2N3O4/c16-9-1-2-10-8(13(9)17)5-19(15(23)18-10)6-12(21)20-4-7-3-11(20)14(22)24-7/h1-2,7,11H,3-6H2,(H,18,23). The fourth-order valence-electron chi connectivity index (χ4n) is 3.33. The van der Waals surface area contributed by atoms with Crippen LogP contribution in [0.5, 0.6) is 0 Å². The number of anilines is 1. The maximum atomic E-state index is 13.9. The minimum atomic E-state index is -1.05. The van der Waals surface area contributed by atoms with E-state index in [1.54, 1.807) is 0 Å². The Bertz CT molecular complexity index is 769. The van der Waals surface area contributed by atoms with E-state index in [2.05, 4.69) is 5.32 Å². The molecule has 4 rings (SSSR count). The van der Waals surface area contributed by atoms with Gasteiger partial charge < -0.3 is 19.9 Å². The van der Waals surface area contributed by atoms with Crippen LogP contribution in [0.2, 0.25) is 0 Å². The number of carbonyl (C=O) groups is 3. The normalized spacial score (nSPS) is 24.8. The predicted molar refractivity (Wildman–Crippen MR) is 75.8 cm³/mol. The lowest BCUT2D eigenvalue weighted by molar-refractivity contribution is -0.157. The number of hydrogen-bond acceptors (Lipinski definition) is 4. The molecule has 3 heterocycles. The number of rotatable bonds is 2. The van der Waals surface area contributed by atoms with Crippen molar-refractivity contribution in [3.8, 4) is 0 Å². The van der Waals surface area contributed by atoms with Crippen molar-refractivity contribution in [1.29, 1.82) is 0 Å². The number of fused-ring (bicyclic) bond motifs is 3. The second-order valence-electron chi connectivity index (χ2n) is 6.03. The fraction of sp³-hybridized carbons (Fsp3) is 0.400. The Labute approximate surface area is 135 Å². The average Bonchev–Trinajstić information content (AvgIpc) is 3.12. The maximum absolute atomic E-state index is 13.9. The molecule has 24 heavy (non-hydrogen) atoms. The molecule has 2 fully saturated rings. The maximum Gasteiger partial charge on any atom is 0.329 e. The zero-order valence-corrected chi connectivity index (χ0v) is 12.4. The van der Waals surface area contributed by atoms with Gasteiger partial charge in [-0.05, 0) is 12.1 Å². The molecule has 7 nitrogen and oxygen atoms in total. The average molecular weight is 337 g/mol. The third kappa shape index (κ3) is 2.19. The van der Waals surface area contributed by atoms with E-state index in [4.69, 9.17) is 4.74 Å². The van der Waals surface area contributed by atoms with Crippen molar-refractivity contribution in [2.75, 3.05) is 18.4 Å². The zero-order chi connectivity index (χ0) is 17.0. The Balaban J connectivity index is 1.51. The van der Waals surface area contributed by atoms with Crippen molar-refractivity contribution in [3.05, 3.63) is 29.3 Å². The van der Waals surface area contributed by atoms with Crippen molar-refractivity contribution in [1.82, 2.24) is 9.80 Å². The second-order valence-corrected chi connectivity index (χ2v) is 6.03. The summed E-state index contributed by atoms with van der Waals surface area (Å²) in [5.41, 5.74) is 0.177. The lowest BCUT2D eigenvalue weighted by Gasteiger charge is -2.32. The molecule has 0 saturated carbocycles. The van der Waals surface area contributed by atoms with Gasteiger partial charge in [-0.3, -0.25) is 4.79 Å². The number of urea groups is 1. The molecule has 1 aromatic carbocycles. The minimum absolute atomic E-state index is 0.00949. The number of likely N-dealkylation sites (tertiary alicyclic amines) is 1. The molecule has 0 spiro atoms. The van der Waals surface area contributed by atoms with Gasteiger partial charge in [0.25, 0.3) is 0 Å². The molecule has 126 valence electrons. The van der Waals surface area contributed by atoms with Crippen LogP contribution in [0.15, 0.2) is 12.1 Å². The molecule has 1 N–H and O–H groups in total. The van der Waals surface area contributed by atoms with Gasteiger partial charge in [0, 0.05) is 12.0 Å². The van der Waals surface area contributed by atoms with Crippen LogP contribution in [0, 0.1) is 11.6 Å². The molecule has 0 radical (unpaired) electrons. The van der Waals surface area contributed by atoms with Crippen molar-refractivity contribution >= 4 is 23.6 Å². The number of hydrogen-bond donors (Lipinski definition) is 1. The van der Waals surface area contributed by atoms with Crippen molar-refractivity contribution < 1.29 is 27.9 Å². The Kier molecular flexibility index (Phi) is 3.19. The topological polar surface area (TPSA) is 79.0 Å². The van der Waals surface area contributed by atoms with Crippen molar-refractivity contribution in [2.45, 2.75) is 25.1 Å². The first-order chi connectivity index (χ1) is 11.4. The fourth-order valence-corrected chi connectivity index (χ4v) is 3.33. The van der Waals surface area contributed by atoms with E-state index in [0.29, 0.717) is 13.0 Å². The molecule has 3 aliphatic heterocycles. The van der Waals surface area contributed by atoms with Gasteiger partial charge in [-0.2, -0.15) is 0 Å². The molecule has 2 unspecified atom stereocenters. The third-order valence-electron chi connectivity index (χ3n) is 4.54. The van der Waals surface area contributed by atoms with Gasteiger partial charge in [0.15, 0.2) is 11.6 Å². The lowest BCUT2D eigenvalue weighted by atomic mass is 10.1. The summed E-state index contributed by atoms with van der Waals surface area (Å²) in [4.78, 5) is 38.5. The summed E-state index contributed by atoms with van der Waals surface area (Å²) < 4.78 is 32.2. The van der Waals surface area contributed by atoms with Crippen LogP contribution in [0.1, 0.15) is 12.0 Å². The zero-order valence-electron chi connectivity index (χ0n) is 12.4. The summed E-state index contributed by atoms with van der Waals surface area (Å²) in [5.74, 6) is -2.93. The largest absolute Gasteiger partial charge is 0.459 e. The number of esters is 1. The van der Waals surface area contributed by atoms with Gasteiger partial charge in [0.05, 0.1) is 18.8 Å². The summed E-state index contributed by atoms with van der Waals surface area (Å²) >= 11 is 0. The first kappa shape index (κ1) is 14.9. The third-order valence-corrected chi connectivity index (χ3v) is 4.54. The Morgan fingerprint density at radius 3 is 2.83 bits per heavy atom. The number of nitrogens with one attached hydrogen (secondary N) is 1. The van der Waals surface area contributed by atoms with Crippen LogP contribution in [0.3, 0.4) is 0 Å². The quantitative estimate of drug-likeness (QED) is 0.811. The first-order valence-electron chi connectivity index (χ1n) is 7.47. The van der Waals surface area contributed by atoms with Crippen molar-refractivity contribution in [2.24, 2.45) is 0 Å². The second kappa shape index (κ2) is 5.15. The molecular formula is C15H13F2N3O4. The van der Waals surface area contributed by atoms with Crippen molar-refractivity contribution in [3.63, 3.8) is 0 Å². The summed E-state index contributed by atoms with van der Waals surface area (Å²) in [6, 6.07) is 1.02. The SMILES string of the molecule is O=C1OC2CC1N(C(=O)CN1Cc3c(ccc(F)c3F)NC1=O)C2. The molecule has 1 aromatic rings. The molecule has 2 saturated heterocycles. The summed E-state index contributed by atoms with van der Waals surface area (Å²) in [6.45, 7) is -0.245. The molecule has 0 aliphatic carbocycles. The number of ether oxygens (including phenoxy) is 1. The molecule has 2 bridgehead atoms. The van der Waals surface area contributed by atoms with Crippen LogP contribution in [-0.2, 0) is 20.9 Å².